The Bertz CT molecular complexity index is 282. The normalized spacial score (nSPS) is 28.3. The second-order valence-corrected chi connectivity index (χ2v) is 5.39. The Labute approximate surface area is 104 Å². The van der Waals surface area contributed by atoms with E-state index in [9.17, 15) is 4.79 Å². The van der Waals surface area contributed by atoms with Gasteiger partial charge in [0.25, 0.3) is 0 Å². The minimum atomic E-state index is 0.300. The summed E-state index contributed by atoms with van der Waals surface area (Å²) in [6, 6.07) is 0.511. The summed E-state index contributed by atoms with van der Waals surface area (Å²) in [5, 5.41) is 3.49. The standard InChI is InChI=1S/C14H24N2O/c1-16(11-13-8-4-5-9-15-13)14(17)10-12-6-2-3-7-12/h2,6,12-13,15H,3-5,7-11H2,1H3. The monoisotopic (exact) mass is 236 g/mol. The Morgan fingerprint density at radius 1 is 1.41 bits per heavy atom. The summed E-state index contributed by atoms with van der Waals surface area (Å²) in [6.07, 6.45) is 11.2. The van der Waals surface area contributed by atoms with Gasteiger partial charge in [-0.05, 0) is 38.1 Å². The fourth-order valence-electron chi connectivity index (χ4n) is 2.76. The summed E-state index contributed by atoms with van der Waals surface area (Å²) in [5.74, 6) is 0.790. The van der Waals surface area contributed by atoms with Crippen LogP contribution >= 0.6 is 0 Å². The number of likely N-dealkylation sites (N-methyl/N-ethyl adjacent to an activating group) is 1. The van der Waals surface area contributed by atoms with E-state index < -0.39 is 0 Å². The van der Waals surface area contributed by atoms with Crippen molar-refractivity contribution in [2.24, 2.45) is 5.92 Å². The average molecular weight is 236 g/mol. The summed E-state index contributed by atoms with van der Waals surface area (Å²) < 4.78 is 0. The van der Waals surface area contributed by atoms with Crippen molar-refractivity contribution in [3.63, 3.8) is 0 Å². The summed E-state index contributed by atoms with van der Waals surface area (Å²) in [6.45, 7) is 1.98. The highest BCUT2D eigenvalue weighted by Crippen LogP contribution is 2.21. The van der Waals surface area contributed by atoms with Gasteiger partial charge in [0.2, 0.25) is 5.91 Å². The summed E-state index contributed by atoms with van der Waals surface area (Å²) in [5.41, 5.74) is 0. The number of hydrogen-bond donors (Lipinski definition) is 1. The number of hydrogen-bond acceptors (Lipinski definition) is 2. The van der Waals surface area contributed by atoms with Crippen molar-refractivity contribution in [3.05, 3.63) is 12.2 Å². The molecule has 0 bridgehead atoms. The van der Waals surface area contributed by atoms with Crippen molar-refractivity contribution in [2.75, 3.05) is 20.1 Å². The second kappa shape index (κ2) is 6.20. The number of rotatable bonds is 4. The molecule has 2 unspecified atom stereocenters. The Balaban J connectivity index is 1.72. The lowest BCUT2D eigenvalue weighted by Gasteiger charge is -2.28. The third-order valence-corrected chi connectivity index (χ3v) is 3.88. The lowest BCUT2D eigenvalue weighted by Crippen LogP contribution is -2.44. The number of nitrogens with zero attached hydrogens (tertiary/aromatic N) is 1. The molecule has 0 aromatic heterocycles. The fourth-order valence-corrected chi connectivity index (χ4v) is 2.76. The van der Waals surface area contributed by atoms with Gasteiger partial charge in [0.15, 0.2) is 0 Å². The van der Waals surface area contributed by atoms with Gasteiger partial charge in [-0.2, -0.15) is 0 Å². The van der Waals surface area contributed by atoms with Crippen LogP contribution in [0, 0.1) is 5.92 Å². The van der Waals surface area contributed by atoms with E-state index >= 15 is 0 Å². The molecule has 1 amide bonds. The predicted molar refractivity (Wildman–Crippen MR) is 69.8 cm³/mol. The Morgan fingerprint density at radius 2 is 2.29 bits per heavy atom. The Morgan fingerprint density at radius 3 is 2.94 bits per heavy atom. The molecule has 1 aliphatic heterocycles. The number of carbonyl (C=O) groups is 1. The van der Waals surface area contributed by atoms with Crippen LogP contribution in [0.5, 0.6) is 0 Å². The quantitative estimate of drug-likeness (QED) is 0.757. The maximum absolute atomic E-state index is 12.0. The number of carbonyl (C=O) groups excluding carboxylic acids is 1. The highest BCUT2D eigenvalue weighted by Gasteiger charge is 2.20. The van der Waals surface area contributed by atoms with Gasteiger partial charge in [0.1, 0.15) is 0 Å². The van der Waals surface area contributed by atoms with Crippen LogP contribution in [0.4, 0.5) is 0 Å². The van der Waals surface area contributed by atoms with E-state index in [4.69, 9.17) is 0 Å². The molecule has 0 spiro atoms. The first-order valence-corrected chi connectivity index (χ1v) is 6.89. The lowest BCUT2D eigenvalue weighted by atomic mass is 10.0. The van der Waals surface area contributed by atoms with E-state index in [1.165, 1.54) is 19.3 Å². The third kappa shape index (κ3) is 3.84. The molecule has 1 saturated heterocycles. The van der Waals surface area contributed by atoms with Crippen molar-refractivity contribution >= 4 is 5.91 Å². The Kier molecular flexibility index (Phi) is 4.60. The highest BCUT2D eigenvalue weighted by molar-refractivity contribution is 5.76. The van der Waals surface area contributed by atoms with Crippen molar-refractivity contribution < 1.29 is 4.79 Å². The van der Waals surface area contributed by atoms with Gasteiger partial charge in [-0.15, -0.1) is 0 Å². The van der Waals surface area contributed by atoms with Crippen LogP contribution in [0.1, 0.15) is 38.5 Å². The van der Waals surface area contributed by atoms with Gasteiger partial charge in [-0.3, -0.25) is 4.79 Å². The van der Waals surface area contributed by atoms with E-state index in [-0.39, 0.29) is 0 Å². The maximum atomic E-state index is 12.0. The van der Waals surface area contributed by atoms with Crippen LogP contribution in [0.25, 0.3) is 0 Å². The Hall–Kier alpha value is -0.830. The molecule has 1 N–H and O–H groups in total. The molecule has 2 aliphatic rings. The van der Waals surface area contributed by atoms with Gasteiger partial charge < -0.3 is 10.2 Å². The highest BCUT2D eigenvalue weighted by atomic mass is 16.2. The average Bonchev–Trinajstić information content (AvgIpc) is 2.83. The third-order valence-electron chi connectivity index (χ3n) is 3.88. The van der Waals surface area contributed by atoms with Gasteiger partial charge in [0, 0.05) is 26.1 Å². The van der Waals surface area contributed by atoms with Crippen molar-refractivity contribution in [1.29, 1.82) is 0 Å². The molecule has 17 heavy (non-hydrogen) atoms. The summed E-state index contributed by atoms with van der Waals surface area (Å²) >= 11 is 0. The first kappa shape index (κ1) is 12.6. The van der Waals surface area contributed by atoms with E-state index in [2.05, 4.69) is 17.5 Å². The molecular weight excluding hydrogens is 212 g/mol. The lowest BCUT2D eigenvalue weighted by molar-refractivity contribution is -0.130. The largest absolute Gasteiger partial charge is 0.344 e. The first-order valence-electron chi connectivity index (χ1n) is 6.89. The molecule has 1 fully saturated rings. The molecule has 3 heteroatoms. The number of allylic oxidation sites excluding steroid dienone is 2. The second-order valence-electron chi connectivity index (χ2n) is 5.39. The molecule has 1 aliphatic carbocycles. The van der Waals surface area contributed by atoms with Crippen LogP contribution in [0.3, 0.4) is 0 Å². The molecule has 0 aromatic rings. The SMILES string of the molecule is CN(CC1CCCCN1)C(=O)CC1C=CCC1. The number of nitrogens with one attached hydrogen (secondary N) is 1. The van der Waals surface area contributed by atoms with Gasteiger partial charge in [-0.25, -0.2) is 0 Å². The van der Waals surface area contributed by atoms with Gasteiger partial charge in [-0.1, -0.05) is 18.6 Å². The molecule has 96 valence electrons. The van der Waals surface area contributed by atoms with E-state index in [1.54, 1.807) is 0 Å². The van der Waals surface area contributed by atoms with E-state index in [1.807, 2.05) is 11.9 Å². The maximum Gasteiger partial charge on any atom is 0.222 e. The molecule has 2 rings (SSSR count). The van der Waals surface area contributed by atoms with Crippen molar-refractivity contribution in [3.8, 4) is 0 Å². The summed E-state index contributed by atoms with van der Waals surface area (Å²) in [4.78, 5) is 13.9. The van der Waals surface area contributed by atoms with Crippen LogP contribution in [-0.2, 0) is 4.79 Å². The van der Waals surface area contributed by atoms with Crippen LogP contribution in [-0.4, -0.2) is 37.0 Å². The van der Waals surface area contributed by atoms with Crippen molar-refractivity contribution in [2.45, 2.75) is 44.6 Å². The smallest absolute Gasteiger partial charge is 0.222 e. The fraction of sp³-hybridized carbons (Fsp3) is 0.786. The zero-order chi connectivity index (χ0) is 12.1. The molecule has 0 saturated carbocycles. The van der Waals surface area contributed by atoms with Crippen LogP contribution in [0.15, 0.2) is 12.2 Å². The van der Waals surface area contributed by atoms with Crippen LogP contribution in [0.2, 0.25) is 0 Å². The molecule has 0 aromatic carbocycles. The van der Waals surface area contributed by atoms with E-state index in [0.717, 1.165) is 25.9 Å². The zero-order valence-electron chi connectivity index (χ0n) is 10.8. The molecule has 3 nitrogen and oxygen atoms in total. The van der Waals surface area contributed by atoms with E-state index in [0.29, 0.717) is 24.3 Å². The molecule has 2 atom stereocenters. The number of piperidine rings is 1. The minimum Gasteiger partial charge on any atom is -0.344 e. The predicted octanol–water partition coefficient (Wildman–Crippen LogP) is 1.94. The first-order chi connectivity index (χ1) is 8.25. The van der Waals surface area contributed by atoms with Gasteiger partial charge >= 0.3 is 0 Å². The zero-order valence-corrected chi connectivity index (χ0v) is 10.8. The van der Waals surface area contributed by atoms with Crippen molar-refractivity contribution in [1.82, 2.24) is 10.2 Å². The van der Waals surface area contributed by atoms with Gasteiger partial charge in [0.05, 0.1) is 0 Å². The molecule has 0 radical (unpaired) electrons. The molecule has 1 heterocycles. The molecular formula is C14H24N2O. The minimum absolute atomic E-state index is 0.300. The summed E-state index contributed by atoms with van der Waals surface area (Å²) in [7, 11) is 1.94. The topological polar surface area (TPSA) is 32.3 Å². The van der Waals surface area contributed by atoms with Crippen LogP contribution < -0.4 is 5.32 Å². The number of amides is 1.